The number of piperidine rings is 1. The number of nitrogens with one attached hydrogen (secondary N) is 1. The second-order valence-corrected chi connectivity index (χ2v) is 5.75. The van der Waals surface area contributed by atoms with Crippen LogP contribution in [-0.2, 0) is 0 Å². The normalized spacial score (nSPS) is 24.9. The average Bonchev–Trinajstić information content (AvgIpc) is 2.97. The van der Waals surface area contributed by atoms with Crippen molar-refractivity contribution in [3.05, 3.63) is 35.6 Å². The Labute approximate surface area is 119 Å². The third-order valence-electron chi connectivity index (χ3n) is 4.50. The van der Waals surface area contributed by atoms with Crippen molar-refractivity contribution >= 4 is 5.78 Å². The zero-order valence-corrected chi connectivity index (χ0v) is 11.6. The van der Waals surface area contributed by atoms with Gasteiger partial charge in [0.2, 0.25) is 0 Å². The van der Waals surface area contributed by atoms with E-state index in [1.165, 1.54) is 12.1 Å². The van der Waals surface area contributed by atoms with E-state index in [1.54, 1.807) is 12.1 Å². The molecule has 1 atom stereocenters. The molecule has 2 saturated heterocycles. The van der Waals surface area contributed by atoms with Gasteiger partial charge < -0.3 is 5.32 Å². The second-order valence-electron chi connectivity index (χ2n) is 5.75. The Bertz CT molecular complexity index is 468. The molecular formula is C16H21FN2O. The van der Waals surface area contributed by atoms with Crippen LogP contribution in [0.4, 0.5) is 4.39 Å². The Balaban J connectivity index is 1.74. The number of hydrogen-bond donors (Lipinski definition) is 1. The summed E-state index contributed by atoms with van der Waals surface area (Å²) in [7, 11) is 0. The number of nitrogens with zero attached hydrogens (tertiary/aromatic N) is 1. The third-order valence-corrected chi connectivity index (χ3v) is 4.50. The Hall–Kier alpha value is -1.26. The number of ketones is 1. The van der Waals surface area contributed by atoms with Gasteiger partial charge in [-0.25, -0.2) is 4.39 Å². The van der Waals surface area contributed by atoms with Crippen molar-refractivity contribution in [1.29, 1.82) is 0 Å². The molecule has 3 rings (SSSR count). The van der Waals surface area contributed by atoms with Crippen molar-refractivity contribution in [2.24, 2.45) is 0 Å². The van der Waals surface area contributed by atoms with E-state index in [0.29, 0.717) is 11.6 Å². The lowest BCUT2D eigenvalue weighted by molar-refractivity contribution is 0.0783. The minimum absolute atomic E-state index is 0.0106. The Kier molecular flexibility index (Phi) is 4.13. The van der Waals surface area contributed by atoms with Gasteiger partial charge in [-0.2, -0.15) is 0 Å². The van der Waals surface area contributed by atoms with Crippen molar-refractivity contribution < 1.29 is 9.18 Å². The van der Waals surface area contributed by atoms with Gasteiger partial charge in [0, 0.05) is 11.6 Å². The maximum atomic E-state index is 13.0. The van der Waals surface area contributed by atoms with E-state index >= 15 is 0 Å². The minimum atomic E-state index is -0.289. The van der Waals surface area contributed by atoms with E-state index in [0.717, 1.165) is 45.3 Å². The summed E-state index contributed by atoms with van der Waals surface area (Å²) in [6, 6.07) is 6.47. The number of likely N-dealkylation sites (tertiary alicyclic amines) is 1. The summed E-state index contributed by atoms with van der Waals surface area (Å²) in [5, 5.41) is 3.37. The fraction of sp³-hybridized carbons (Fsp3) is 0.562. The highest BCUT2D eigenvalue weighted by Gasteiger charge is 2.35. The molecule has 2 aliphatic rings. The Morgan fingerprint density at radius 3 is 2.55 bits per heavy atom. The molecular weight excluding hydrogens is 255 g/mol. The maximum Gasteiger partial charge on any atom is 0.179 e. The van der Waals surface area contributed by atoms with Gasteiger partial charge in [-0.1, -0.05) is 0 Å². The van der Waals surface area contributed by atoms with Gasteiger partial charge in [0.1, 0.15) is 5.82 Å². The topological polar surface area (TPSA) is 32.3 Å². The highest BCUT2D eigenvalue weighted by atomic mass is 19.1. The molecule has 3 nitrogen and oxygen atoms in total. The first-order valence-electron chi connectivity index (χ1n) is 7.52. The molecule has 0 radical (unpaired) electrons. The zero-order chi connectivity index (χ0) is 13.9. The Morgan fingerprint density at radius 2 is 1.85 bits per heavy atom. The number of benzene rings is 1. The highest BCUT2D eigenvalue weighted by Crippen LogP contribution is 2.26. The van der Waals surface area contributed by atoms with Crippen LogP contribution in [0.15, 0.2) is 24.3 Å². The fourth-order valence-electron chi connectivity index (χ4n) is 3.45. The molecule has 0 aliphatic carbocycles. The summed E-state index contributed by atoms with van der Waals surface area (Å²) in [5.74, 6) is -0.135. The van der Waals surface area contributed by atoms with Gasteiger partial charge in [-0.05, 0) is 69.6 Å². The van der Waals surface area contributed by atoms with Crippen LogP contribution < -0.4 is 5.32 Å². The van der Waals surface area contributed by atoms with Gasteiger partial charge in [-0.3, -0.25) is 9.69 Å². The van der Waals surface area contributed by atoms with E-state index in [-0.39, 0.29) is 17.6 Å². The number of hydrogen-bond acceptors (Lipinski definition) is 3. The predicted molar refractivity (Wildman–Crippen MR) is 76.4 cm³/mol. The van der Waals surface area contributed by atoms with Crippen molar-refractivity contribution in [2.45, 2.75) is 37.8 Å². The van der Waals surface area contributed by atoms with E-state index in [9.17, 15) is 9.18 Å². The number of Topliss-reactive ketones (excluding diaryl/α,β-unsaturated/α-hetero) is 1. The molecule has 4 heteroatoms. The van der Waals surface area contributed by atoms with Crippen LogP contribution >= 0.6 is 0 Å². The molecule has 0 spiro atoms. The molecule has 2 aliphatic heterocycles. The third kappa shape index (κ3) is 2.76. The second kappa shape index (κ2) is 6.02. The molecule has 1 aromatic rings. The summed E-state index contributed by atoms with van der Waals surface area (Å²) in [5.41, 5.74) is 0.636. The minimum Gasteiger partial charge on any atom is -0.317 e. The van der Waals surface area contributed by atoms with Crippen LogP contribution in [0.3, 0.4) is 0 Å². The van der Waals surface area contributed by atoms with Crippen molar-refractivity contribution in [1.82, 2.24) is 10.2 Å². The summed E-state index contributed by atoms with van der Waals surface area (Å²) in [6.07, 6.45) is 4.25. The van der Waals surface area contributed by atoms with E-state index in [4.69, 9.17) is 0 Å². The van der Waals surface area contributed by atoms with E-state index in [2.05, 4.69) is 10.2 Å². The van der Waals surface area contributed by atoms with Crippen LogP contribution in [0.2, 0.25) is 0 Å². The van der Waals surface area contributed by atoms with Gasteiger partial charge in [0.05, 0.1) is 6.04 Å². The van der Waals surface area contributed by atoms with Crippen molar-refractivity contribution in [2.75, 3.05) is 19.6 Å². The lowest BCUT2D eigenvalue weighted by atomic mass is 9.98. The smallest absolute Gasteiger partial charge is 0.179 e. The van der Waals surface area contributed by atoms with Crippen LogP contribution in [0.1, 0.15) is 36.0 Å². The van der Waals surface area contributed by atoms with Crippen LogP contribution in [0, 0.1) is 5.82 Å². The number of carbonyl (C=O) groups excluding carboxylic acids is 1. The molecule has 0 saturated carbocycles. The summed E-state index contributed by atoms with van der Waals surface area (Å²) < 4.78 is 13.0. The maximum absolute atomic E-state index is 13.0. The molecule has 108 valence electrons. The van der Waals surface area contributed by atoms with Crippen molar-refractivity contribution in [3.8, 4) is 0 Å². The lowest BCUT2D eigenvalue weighted by Crippen LogP contribution is -2.47. The quantitative estimate of drug-likeness (QED) is 0.859. The molecule has 1 N–H and O–H groups in total. The van der Waals surface area contributed by atoms with Crippen molar-refractivity contribution in [3.63, 3.8) is 0 Å². The van der Waals surface area contributed by atoms with Crippen LogP contribution in [0.25, 0.3) is 0 Å². The number of carbonyl (C=O) groups is 1. The molecule has 1 aromatic carbocycles. The number of rotatable bonds is 3. The summed E-state index contributed by atoms with van der Waals surface area (Å²) in [4.78, 5) is 15.0. The number of halogens is 1. The van der Waals surface area contributed by atoms with Gasteiger partial charge >= 0.3 is 0 Å². The van der Waals surface area contributed by atoms with E-state index < -0.39 is 0 Å². The summed E-state index contributed by atoms with van der Waals surface area (Å²) >= 11 is 0. The largest absolute Gasteiger partial charge is 0.317 e. The SMILES string of the molecule is O=C(c1ccc(F)cc1)C1CCCN1C1CCNCC1. The van der Waals surface area contributed by atoms with E-state index in [1.807, 2.05) is 0 Å². The highest BCUT2D eigenvalue weighted by molar-refractivity contribution is 6.00. The van der Waals surface area contributed by atoms with Crippen LogP contribution in [0.5, 0.6) is 0 Å². The molecule has 0 bridgehead atoms. The fourth-order valence-corrected chi connectivity index (χ4v) is 3.45. The zero-order valence-electron chi connectivity index (χ0n) is 11.6. The first-order chi connectivity index (χ1) is 9.75. The van der Waals surface area contributed by atoms with Gasteiger partial charge in [-0.15, -0.1) is 0 Å². The molecule has 2 heterocycles. The Morgan fingerprint density at radius 1 is 1.15 bits per heavy atom. The standard InChI is InChI=1S/C16H21FN2O/c17-13-5-3-12(4-6-13)16(20)15-2-1-11-19(15)14-7-9-18-10-8-14/h3-6,14-15,18H,1-2,7-11H2. The summed E-state index contributed by atoms with van der Waals surface area (Å²) in [6.45, 7) is 3.10. The molecule has 1 unspecified atom stereocenters. The molecule has 20 heavy (non-hydrogen) atoms. The molecule has 0 aromatic heterocycles. The average molecular weight is 276 g/mol. The first kappa shape index (κ1) is 13.7. The molecule has 2 fully saturated rings. The lowest BCUT2D eigenvalue weighted by Gasteiger charge is -2.35. The first-order valence-corrected chi connectivity index (χ1v) is 7.52. The van der Waals surface area contributed by atoms with Gasteiger partial charge in [0.15, 0.2) is 5.78 Å². The van der Waals surface area contributed by atoms with Gasteiger partial charge in [0.25, 0.3) is 0 Å². The molecule has 0 amide bonds. The van der Waals surface area contributed by atoms with Crippen LogP contribution in [-0.4, -0.2) is 42.4 Å². The predicted octanol–water partition coefficient (Wildman–Crippen LogP) is 2.22. The monoisotopic (exact) mass is 276 g/mol.